The van der Waals surface area contributed by atoms with Gasteiger partial charge >= 0.3 is 17.9 Å². The average Bonchev–Trinajstić information content (AvgIpc) is 3.21. The molecule has 0 fully saturated rings. The molecule has 0 saturated carbocycles. The Morgan fingerprint density at radius 3 is 0.702 bits per heavy atom. The minimum absolute atomic E-state index is 0.0624. The van der Waals surface area contributed by atoms with Crippen LogP contribution in [0.25, 0.3) is 0 Å². The molecule has 0 unspecified atom stereocenters. The van der Waals surface area contributed by atoms with Crippen LogP contribution in [0.5, 0.6) is 0 Å². The van der Waals surface area contributed by atoms with Crippen LogP contribution in [0.2, 0.25) is 0 Å². The Bertz CT molecular complexity index is 844. The van der Waals surface area contributed by atoms with Crippen LogP contribution in [-0.2, 0) is 28.6 Å². The summed E-state index contributed by atoms with van der Waals surface area (Å²) in [5.74, 6) is -0.849. The van der Waals surface area contributed by atoms with Crippen molar-refractivity contribution in [2.24, 2.45) is 0 Å². The normalized spacial score (nSPS) is 11.8. The fourth-order valence-corrected chi connectivity index (χ4v) is 7.74. The molecule has 0 aromatic rings. The van der Waals surface area contributed by atoms with Crippen LogP contribution >= 0.6 is 0 Å². The van der Waals surface area contributed by atoms with Crippen molar-refractivity contribution >= 4 is 17.9 Å². The standard InChI is InChI=1S/C51H98O6/c1-4-7-10-13-16-18-20-22-24-26-28-30-32-35-38-41-44-50(53)56-47-48(46-55-49(52)43-40-37-34-15-12-9-6-3)57-51(54)45-42-39-36-33-31-29-27-25-23-21-19-17-14-11-8-5-2/h48H,4-47H2,1-3H3/t48-/m1/s1. The molecular formula is C51H98O6. The van der Waals surface area contributed by atoms with Crippen molar-refractivity contribution in [3.05, 3.63) is 0 Å². The van der Waals surface area contributed by atoms with E-state index in [-0.39, 0.29) is 31.1 Å². The third-order valence-electron chi connectivity index (χ3n) is 11.6. The van der Waals surface area contributed by atoms with Crippen molar-refractivity contribution in [3.8, 4) is 0 Å². The van der Waals surface area contributed by atoms with Crippen molar-refractivity contribution in [1.29, 1.82) is 0 Å². The molecular weight excluding hydrogens is 709 g/mol. The molecule has 0 aliphatic carbocycles. The van der Waals surface area contributed by atoms with Crippen LogP contribution in [0.1, 0.15) is 290 Å². The van der Waals surface area contributed by atoms with Crippen molar-refractivity contribution in [2.75, 3.05) is 13.2 Å². The van der Waals surface area contributed by atoms with Gasteiger partial charge in [-0.1, -0.05) is 252 Å². The summed E-state index contributed by atoms with van der Waals surface area (Å²) in [6, 6.07) is 0. The maximum atomic E-state index is 12.7. The Hall–Kier alpha value is -1.59. The van der Waals surface area contributed by atoms with Gasteiger partial charge in [-0.2, -0.15) is 0 Å². The van der Waals surface area contributed by atoms with Crippen LogP contribution < -0.4 is 0 Å². The first kappa shape index (κ1) is 55.4. The largest absolute Gasteiger partial charge is 0.462 e. The minimum Gasteiger partial charge on any atom is -0.462 e. The van der Waals surface area contributed by atoms with E-state index in [0.29, 0.717) is 19.3 Å². The van der Waals surface area contributed by atoms with Crippen LogP contribution in [0.15, 0.2) is 0 Å². The maximum Gasteiger partial charge on any atom is 0.306 e. The molecule has 0 spiro atoms. The molecule has 338 valence electrons. The lowest BCUT2D eigenvalue weighted by Crippen LogP contribution is -2.30. The quantitative estimate of drug-likeness (QED) is 0.0346. The second kappa shape index (κ2) is 47.1. The monoisotopic (exact) mass is 807 g/mol. The summed E-state index contributed by atoms with van der Waals surface area (Å²) in [5, 5.41) is 0. The van der Waals surface area contributed by atoms with E-state index in [1.54, 1.807) is 0 Å². The molecule has 0 aliphatic heterocycles. The molecule has 6 heteroatoms. The summed E-state index contributed by atoms with van der Waals surface area (Å²) in [6.07, 6.45) is 49.6. The number of unbranched alkanes of at least 4 members (excludes halogenated alkanes) is 36. The number of hydrogen-bond donors (Lipinski definition) is 0. The molecule has 6 nitrogen and oxygen atoms in total. The van der Waals surface area contributed by atoms with E-state index in [2.05, 4.69) is 20.8 Å². The van der Waals surface area contributed by atoms with Gasteiger partial charge in [0.2, 0.25) is 0 Å². The van der Waals surface area contributed by atoms with Crippen molar-refractivity contribution < 1.29 is 28.6 Å². The van der Waals surface area contributed by atoms with Gasteiger partial charge in [0, 0.05) is 19.3 Å². The van der Waals surface area contributed by atoms with E-state index in [4.69, 9.17) is 14.2 Å². The van der Waals surface area contributed by atoms with Gasteiger partial charge in [0.1, 0.15) is 13.2 Å². The molecule has 0 aliphatic rings. The summed E-state index contributed by atoms with van der Waals surface area (Å²) in [5.41, 5.74) is 0. The highest BCUT2D eigenvalue weighted by atomic mass is 16.6. The Labute approximate surface area is 355 Å². The first-order valence-corrected chi connectivity index (χ1v) is 25.5. The maximum absolute atomic E-state index is 12.7. The van der Waals surface area contributed by atoms with Crippen LogP contribution in [0.4, 0.5) is 0 Å². The average molecular weight is 807 g/mol. The van der Waals surface area contributed by atoms with Crippen molar-refractivity contribution in [3.63, 3.8) is 0 Å². The number of carbonyl (C=O) groups is 3. The van der Waals surface area contributed by atoms with Gasteiger partial charge < -0.3 is 14.2 Å². The minimum atomic E-state index is -0.758. The lowest BCUT2D eigenvalue weighted by atomic mass is 10.0. The van der Waals surface area contributed by atoms with Gasteiger partial charge in [-0.3, -0.25) is 14.4 Å². The molecule has 0 amide bonds. The van der Waals surface area contributed by atoms with Gasteiger partial charge in [-0.05, 0) is 19.3 Å². The molecule has 0 aromatic carbocycles. The van der Waals surface area contributed by atoms with E-state index in [9.17, 15) is 14.4 Å². The van der Waals surface area contributed by atoms with Gasteiger partial charge in [0.05, 0.1) is 0 Å². The number of ether oxygens (including phenoxy) is 3. The van der Waals surface area contributed by atoms with E-state index in [0.717, 1.165) is 57.8 Å². The first-order chi connectivity index (χ1) is 28.0. The molecule has 1 atom stereocenters. The number of esters is 3. The molecule has 57 heavy (non-hydrogen) atoms. The van der Waals surface area contributed by atoms with Gasteiger partial charge in [0.15, 0.2) is 6.10 Å². The Balaban J connectivity index is 4.20. The highest BCUT2D eigenvalue weighted by Crippen LogP contribution is 2.17. The third-order valence-corrected chi connectivity index (χ3v) is 11.6. The zero-order valence-electron chi connectivity index (χ0n) is 38.6. The number of rotatable bonds is 47. The highest BCUT2D eigenvalue weighted by Gasteiger charge is 2.19. The molecule has 0 radical (unpaired) electrons. The van der Waals surface area contributed by atoms with E-state index in [1.165, 1.54) is 193 Å². The first-order valence-electron chi connectivity index (χ1n) is 25.5. The fraction of sp³-hybridized carbons (Fsp3) is 0.941. The zero-order valence-corrected chi connectivity index (χ0v) is 38.6. The predicted molar refractivity (Wildman–Crippen MR) is 243 cm³/mol. The van der Waals surface area contributed by atoms with Crippen LogP contribution in [-0.4, -0.2) is 37.2 Å². The topological polar surface area (TPSA) is 78.9 Å². The highest BCUT2D eigenvalue weighted by molar-refractivity contribution is 5.71. The second-order valence-corrected chi connectivity index (χ2v) is 17.5. The van der Waals surface area contributed by atoms with Crippen LogP contribution in [0.3, 0.4) is 0 Å². The van der Waals surface area contributed by atoms with Gasteiger partial charge in [0.25, 0.3) is 0 Å². The Morgan fingerprint density at radius 1 is 0.281 bits per heavy atom. The van der Waals surface area contributed by atoms with E-state index >= 15 is 0 Å². The summed E-state index contributed by atoms with van der Waals surface area (Å²) < 4.78 is 16.7. The van der Waals surface area contributed by atoms with Crippen molar-refractivity contribution in [2.45, 2.75) is 297 Å². The molecule has 0 bridgehead atoms. The van der Waals surface area contributed by atoms with E-state index in [1.807, 2.05) is 0 Å². The summed E-state index contributed by atoms with van der Waals surface area (Å²) in [6.45, 7) is 6.64. The lowest BCUT2D eigenvalue weighted by Gasteiger charge is -2.18. The Morgan fingerprint density at radius 2 is 0.474 bits per heavy atom. The van der Waals surface area contributed by atoms with Gasteiger partial charge in [-0.15, -0.1) is 0 Å². The summed E-state index contributed by atoms with van der Waals surface area (Å²) >= 11 is 0. The molecule has 0 N–H and O–H groups in total. The second-order valence-electron chi connectivity index (χ2n) is 17.5. The SMILES string of the molecule is CCCCCCCCCCCCCCCCCCC(=O)OC[C@@H](COC(=O)CCCCCCCCC)OC(=O)CCCCCCCCCCCCCCCCCC. The smallest absolute Gasteiger partial charge is 0.306 e. The lowest BCUT2D eigenvalue weighted by molar-refractivity contribution is -0.167. The summed E-state index contributed by atoms with van der Waals surface area (Å²) in [4.78, 5) is 37.7. The number of carbonyl (C=O) groups excluding carboxylic acids is 3. The summed E-state index contributed by atoms with van der Waals surface area (Å²) in [7, 11) is 0. The van der Waals surface area contributed by atoms with Crippen molar-refractivity contribution in [1.82, 2.24) is 0 Å². The molecule has 0 aromatic heterocycles. The number of hydrogen-bond acceptors (Lipinski definition) is 6. The fourth-order valence-electron chi connectivity index (χ4n) is 7.74. The Kier molecular flexibility index (Phi) is 45.8. The van der Waals surface area contributed by atoms with E-state index < -0.39 is 6.10 Å². The van der Waals surface area contributed by atoms with Gasteiger partial charge in [-0.25, -0.2) is 0 Å². The molecule has 0 heterocycles. The molecule has 0 saturated heterocycles. The van der Waals surface area contributed by atoms with Crippen LogP contribution in [0, 0.1) is 0 Å². The zero-order chi connectivity index (χ0) is 41.5. The predicted octanol–water partition coefficient (Wildman–Crippen LogP) is 16.4. The third kappa shape index (κ3) is 45.3. The molecule has 0 rings (SSSR count).